The van der Waals surface area contributed by atoms with Crippen molar-refractivity contribution in [3.8, 4) is 0 Å². The molecule has 0 N–H and O–H groups in total. The Morgan fingerprint density at radius 3 is 1.25 bits per heavy atom. The SMILES string of the molecule is c1ccc(PC2CCC(Pc3ccccc3)CC2)cc1. The van der Waals surface area contributed by atoms with Crippen LogP contribution in [0.3, 0.4) is 0 Å². The maximum Gasteiger partial charge on any atom is -0.0196 e. The van der Waals surface area contributed by atoms with Gasteiger partial charge >= 0.3 is 0 Å². The zero-order chi connectivity index (χ0) is 13.6. The fourth-order valence-electron chi connectivity index (χ4n) is 2.92. The number of rotatable bonds is 4. The predicted octanol–water partition coefficient (Wildman–Crippen LogP) is 4.31. The zero-order valence-corrected chi connectivity index (χ0v) is 13.8. The second-order valence-corrected chi connectivity index (χ2v) is 8.93. The van der Waals surface area contributed by atoms with Crippen LogP contribution in [0.4, 0.5) is 0 Å². The summed E-state index contributed by atoms with van der Waals surface area (Å²) in [4.78, 5) is 0. The van der Waals surface area contributed by atoms with Crippen molar-refractivity contribution in [3.63, 3.8) is 0 Å². The molecule has 3 rings (SSSR count). The van der Waals surface area contributed by atoms with E-state index in [1.54, 1.807) is 10.6 Å². The smallest absolute Gasteiger partial charge is 0.0196 e. The van der Waals surface area contributed by atoms with Gasteiger partial charge in [0.05, 0.1) is 0 Å². The van der Waals surface area contributed by atoms with E-state index in [0.717, 1.165) is 28.5 Å². The van der Waals surface area contributed by atoms with Crippen LogP contribution in [0.2, 0.25) is 0 Å². The van der Waals surface area contributed by atoms with Crippen LogP contribution in [0.15, 0.2) is 60.7 Å². The third kappa shape index (κ3) is 4.15. The van der Waals surface area contributed by atoms with E-state index in [9.17, 15) is 0 Å². The summed E-state index contributed by atoms with van der Waals surface area (Å²) in [6.45, 7) is 0. The van der Waals surface area contributed by atoms with Gasteiger partial charge in [-0.15, -0.1) is 0 Å². The highest BCUT2D eigenvalue weighted by Gasteiger charge is 2.21. The Kier molecular flexibility index (Phi) is 5.23. The minimum Gasteiger partial charge on any atom is -0.0872 e. The first kappa shape index (κ1) is 14.2. The summed E-state index contributed by atoms with van der Waals surface area (Å²) in [5.74, 6) is 0. The molecule has 0 bridgehead atoms. The van der Waals surface area contributed by atoms with Crippen LogP contribution in [0, 0.1) is 0 Å². The highest BCUT2D eigenvalue weighted by molar-refractivity contribution is 7.48. The molecule has 2 heteroatoms. The van der Waals surface area contributed by atoms with E-state index in [1.807, 2.05) is 0 Å². The van der Waals surface area contributed by atoms with Crippen molar-refractivity contribution in [1.82, 2.24) is 0 Å². The van der Waals surface area contributed by atoms with Crippen LogP contribution in [-0.4, -0.2) is 11.3 Å². The Morgan fingerprint density at radius 2 is 0.900 bits per heavy atom. The first-order valence-corrected chi connectivity index (χ1v) is 9.69. The number of hydrogen-bond donors (Lipinski definition) is 0. The molecule has 1 saturated carbocycles. The van der Waals surface area contributed by atoms with Gasteiger partial charge in [0, 0.05) is 0 Å². The summed E-state index contributed by atoms with van der Waals surface area (Å²) < 4.78 is 0. The van der Waals surface area contributed by atoms with E-state index in [4.69, 9.17) is 0 Å². The largest absolute Gasteiger partial charge is 0.0872 e. The molecule has 1 aliphatic carbocycles. The lowest BCUT2D eigenvalue weighted by Gasteiger charge is -2.28. The van der Waals surface area contributed by atoms with E-state index in [0.29, 0.717) is 0 Å². The Balaban J connectivity index is 1.47. The number of benzene rings is 2. The Bertz CT molecular complexity index is 452. The lowest BCUT2D eigenvalue weighted by molar-refractivity contribution is 0.525. The molecule has 2 unspecified atom stereocenters. The molecule has 2 aromatic rings. The van der Waals surface area contributed by atoms with Crippen molar-refractivity contribution in [3.05, 3.63) is 60.7 Å². The van der Waals surface area contributed by atoms with Gasteiger partial charge in [0.1, 0.15) is 0 Å². The van der Waals surface area contributed by atoms with Gasteiger partial charge in [-0.25, -0.2) is 0 Å². The molecule has 0 aliphatic heterocycles. The summed E-state index contributed by atoms with van der Waals surface area (Å²) >= 11 is 0. The van der Waals surface area contributed by atoms with Gasteiger partial charge in [-0.3, -0.25) is 0 Å². The normalized spacial score (nSPS) is 23.8. The summed E-state index contributed by atoms with van der Waals surface area (Å²) in [5, 5.41) is 3.09. The number of hydrogen-bond acceptors (Lipinski definition) is 0. The van der Waals surface area contributed by atoms with Gasteiger partial charge in [-0.05, 0) is 47.6 Å². The third-order valence-electron chi connectivity index (χ3n) is 4.02. The van der Waals surface area contributed by atoms with Gasteiger partial charge in [0.25, 0.3) is 0 Å². The van der Waals surface area contributed by atoms with E-state index in [2.05, 4.69) is 60.7 Å². The monoisotopic (exact) mass is 300 g/mol. The van der Waals surface area contributed by atoms with Crippen molar-refractivity contribution < 1.29 is 0 Å². The second-order valence-electron chi connectivity index (χ2n) is 5.57. The highest BCUT2D eigenvalue weighted by Crippen LogP contribution is 2.38. The molecular formula is C18H22P2. The Morgan fingerprint density at radius 1 is 0.550 bits per heavy atom. The fourth-order valence-corrected chi connectivity index (χ4v) is 5.88. The summed E-state index contributed by atoms with van der Waals surface area (Å²) in [7, 11) is 2.03. The van der Waals surface area contributed by atoms with E-state index in [-0.39, 0.29) is 0 Å². The van der Waals surface area contributed by atoms with Crippen molar-refractivity contribution in [2.75, 3.05) is 0 Å². The van der Waals surface area contributed by atoms with Crippen LogP contribution in [0.5, 0.6) is 0 Å². The van der Waals surface area contributed by atoms with Crippen molar-refractivity contribution in [2.45, 2.75) is 37.0 Å². The van der Waals surface area contributed by atoms with Crippen LogP contribution in [0.25, 0.3) is 0 Å². The third-order valence-corrected chi connectivity index (χ3v) is 7.32. The van der Waals surface area contributed by atoms with E-state index >= 15 is 0 Å². The zero-order valence-electron chi connectivity index (χ0n) is 11.8. The predicted molar refractivity (Wildman–Crippen MR) is 94.8 cm³/mol. The van der Waals surface area contributed by atoms with Crippen molar-refractivity contribution in [1.29, 1.82) is 0 Å². The Hall–Kier alpha value is -0.700. The van der Waals surface area contributed by atoms with Crippen LogP contribution < -0.4 is 10.6 Å². The highest BCUT2D eigenvalue weighted by atomic mass is 31.1. The first-order chi connectivity index (χ1) is 9.90. The average molecular weight is 300 g/mol. The summed E-state index contributed by atoms with van der Waals surface area (Å²) in [6, 6.07) is 22.1. The minimum absolute atomic E-state index is 0.939. The van der Waals surface area contributed by atoms with Gasteiger partial charge < -0.3 is 0 Å². The quantitative estimate of drug-likeness (QED) is 0.738. The molecule has 0 nitrogen and oxygen atoms in total. The topological polar surface area (TPSA) is 0 Å². The molecule has 1 fully saturated rings. The van der Waals surface area contributed by atoms with Crippen LogP contribution >= 0.6 is 17.2 Å². The molecular weight excluding hydrogens is 278 g/mol. The molecule has 0 amide bonds. The second kappa shape index (κ2) is 7.35. The lowest BCUT2D eigenvalue weighted by atomic mass is 10.00. The molecule has 0 spiro atoms. The van der Waals surface area contributed by atoms with Crippen molar-refractivity contribution >= 4 is 27.8 Å². The molecule has 1 aliphatic rings. The molecule has 0 radical (unpaired) electrons. The minimum atomic E-state index is 0.939. The van der Waals surface area contributed by atoms with Crippen LogP contribution in [-0.2, 0) is 0 Å². The molecule has 0 saturated heterocycles. The maximum atomic E-state index is 2.29. The summed E-state index contributed by atoms with van der Waals surface area (Å²) in [6.07, 6.45) is 5.71. The van der Waals surface area contributed by atoms with Crippen molar-refractivity contribution in [2.24, 2.45) is 0 Å². The summed E-state index contributed by atoms with van der Waals surface area (Å²) in [5.41, 5.74) is 1.88. The van der Waals surface area contributed by atoms with Gasteiger partial charge in [-0.2, -0.15) is 0 Å². The van der Waals surface area contributed by atoms with Gasteiger partial charge in [0.15, 0.2) is 0 Å². The standard InChI is InChI=1S/C18H22P2/c1-3-7-15(8-4-1)19-17-11-13-18(14-12-17)20-16-9-5-2-6-10-16/h1-10,17-20H,11-14H2. The Labute approximate surface area is 126 Å². The van der Waals surface area contributed by atoms with Gasteiger partial charge in [0.2, 0.25) is 0 Å². The fraction of sp³-hybridized carbons (Fsp3) is 0.333. The lowest BCUT2D eigenvalue weighted by Crippen LogP contribution is -2.19. The average Bonchev–Trinajstić information content (AvgIpc) is 2.51. The van der Waals surface area contributed by atoms with Crippen LogP contribution in [0.1, 0.15) is 25.7 Å². The van der Waals surface area contributed by atoms with E-state index < -0.39 is 0 Å². The van der Waals surface area contributed by atoms with Gasteiger partial charge in [-0.1, -0.05) is 77.8 Å². The molecule has 20 heavy (non-hydrogen) atoms. The van der Waals surface area contributed by atoms with E-state index in [1.165, 1.54) is 25.7 Å². The maximum absolute atomic E-state index is 2.29. The molecule has 0 aromatic heterocycles. The molecule has 2 aromatic carbocycles. The molecule has 0 heterocycles. The molecule has 2 atom stereocenters. The first-order valence-electron chi connectivity index (χ1n) is 7.53. The molecule has 104 valence electrons.